The number of thiophene rings is 1. The molecule has 0 aliphatic carbocycles. The van der Waals surface area contributed by atoms with Crippen molar-refractivity contribution in [1.29, 1.82) is 0 Å². The summed E-state index contributed by atoms with van der Waals surface area (Å²) in [7, 11) is 0. The number of hydrogen-bond donors (Lipinski definition) is 1. The van der Waals surface area contributed by atoms with Crippen LogP contribution in [0.5, 0.6) is 0 Å². The van der Waals surface area contributed by atoms with Gasteiger partial charge in [0.25, 0.3) is 5.89 Å². The minimum absolute atomic E-state index is 0.417. The third kappa shape index (κ3) is 2.39. The van der Waals surface area contributed by atoms with Crippen molar-refractivity contribution >= 4 is 43.9 Å². The molecular weight excluding hydrogens is 350 g/mol. The molecule has 7 heteroatoms. The average Bonchev–Trinajstić information content (AvgIpc) is 3.01. The first-order valence-electron chi connectivity index (χ1n) is 5.27. The Morgan fingerprint density at radius 2 is 2.16 bits per heavy atom. The number of benzene rings is 1. The molecular formula is C12H7BrClN3OS. The molecule has 3 rings (SSSR count). The molecule has 3 aromatic rings. The van der Waals surface area contributed by atoms with Crippen molar-refractivity contribution in [3.63, 3.8) is 0 Å². The largest absolute Gasteiger partial charge is 0.390 e. The molecule has 0 spiro atoms. The Morgan fingerprint density at radius 3 is 2.84 bits per heavy atom. The normalized spacial score (nSPS) is 10.8. The number of nitrogen functional groups attached to an aromatic ring is 1. The minimum atomic E-state index is 0.417. The molecule has 0 bridgehead atoms. The molecule has 0 atom stereocenters. The van der Waals surface area contributed by atoms with Gasteiger partial charge in [0.05, 0.1) is 15.6 Å². The summed E-state index contributed by atoms with van der Waals surface area (Å²) in [5.74, 6) is 0.915. The number of anilines is 1. The van der Waals surface area contributed by atoms with E-state index in [0.29, 0.717) is 21.7 Å². The van der Waals surface area contributed by atoms with Gasteiger partial charge in [-0.2, -0.15) is 4.98 Å². The zero-order valence-corrected chi connectivity index (χ0v) is 12.6. The Kier molecular flexibility index (Phi) is 3.30. The van der Waals surface area contributed by atoms with Crippen molar-refractivity contribution in [1.82, 2.24) is 10.1 Å². The maximum atomic E-state index is 5.95. The van der Waals surface area contributed by atoms with E-state index >= 15 is 0 Å². The van der Waals surface area contributed by atoms with Crippen LogP contribution in [0, 0.1) is 0 Å². The van der Waals surface area contributed by atoms with Gasteiger partial charge in [-0.05, 0) is 45.6 Å². The van der Waals surface area contributed by atoms with Crippen molar-refractivity contribution in [3.8, 4) is 22.8 Å². The fraction of sp³-hybridized carbons (Fsp3) is 0. The lowest BCUT2D eigenvalue weighted by atomic mass is 10.2. The fourth-order valence-electron chi connectivity index (χ4n) is 1.58. The molecule has 2 heterocycles. The van der Waals surface area contributed by atoms with Crippen LogP contribution in [-0.4, -0.2) is 10.1 Å². The second-order valence-corrected chi connectivity index (χ2v) is 5.96. The second-order valence-electron chi connectivity index (χ2n) is 3.75. The van der Waals surface area contributed by atoms with E-state index in [4.69, 9.17) is 21.9 Å². The molecule has 2 N–H and O–H groups in total. The zero-order valence-electron chi connectivity index (χ0n) is 9.43. The van der Waals surface area contributed by atoms with Gasteiger partial charge < -0.3 is 10.3 Å². The van der Waals surface area contributed by atoms with Crippen LogP contribution in [-0.2, 0) is 0 Å². The van der Waals surface area contributed by atoms with E-state index in [2.05, 4.69) is 26.1 Å². The third-order valence-corrected chi connectivity index (χ3v) is 4.49. The summed E-state index contributed by atoms with van der Waals surface area (Å²) in [5.41, 5.74) is 7.41. The topological polar surface area (TPSA) is 64.9 Å². The van der Waals surface area contributed by atoms with Crippen LogP contribution < -0.4 is 5.73 Å². The van der Waals surface area contributed by atoms with E-state index in [0.717, 1.165) is 15.6 Å². The minimum Gasteiger partial charge on any atom is -0.390 e. The number of hydrogen-bond acceptors (Lipinski definition) is 5. The summed E-state index contributed by atoms with van der Waals surface area (Å²) in [4.78, 5) is 4.34. The number of nitrogens with zero attached hydrogens (tertiary/aromatic N) is 2. The van der Waals surface area contributed by atoms with Crippen molar-refractivity contribution in [2.75, 3.05) is 5.73 Å². The van der Waals surface area contributed by atoms with Crippen LogP contribution in [0.3, 0.4) is 0 Å². The molecule has 0 radical (unpaired) electrons. The van der Waals surface area contributed by atoms with Crippen LogP contribution >= 0.6 is 38.9 Å². The summed E-state index contributed by atoms with van der Waals surface area (Å²) >= 11 is 10.7. The molecule has 0 saturated heterocycles. The van der Waals surface area contributed by atoms with Gasteiger partial charge in [-0.1, -0.05) is 16.8 Å². The van der Waals surface area contributed by atoms with Crippen LogP contribution in [0.1, 0.15) is 0 Å². The lowest BCUT2D eigenvalue weighted by molar-refractivity contribution is 0.432. The number of rotatable bonds is 2. The SMILES string of the molecule is Nc1sccc1-c1nc(-c2ccc(Cl)c(Br)c2)no1. The Hall–Kier alpha value is -1.37. The molecule has 1 aromatic carbocycles. The Labute approximate surface area is 126 Å². The van der Waals surface area contributed by atoms with Crippen molar-refractivity contribution in [2.45, 2.75) is 0 Å². The highest BCUT2D eigenvalue weighted by molar-refractivity contribution is 9.10. The lowest BCUT2D eigenvalue weighted by Gasteiger charge is -1.97. The van der Waals surface area contributed by atoms with Crippen LogP contribution in [0.15, 0.2) is 38.6 Å². The van der Waals surface area contributed by atoms with E-state index < -0.39 is 0 Å². The first-order chi connectivity index (χ1) is 9.15. The van der Waals surface area contributed by atoms with Gasteiger partial charge in [0.15, 0.2) is 0 Å². The third-order valence-electron chi connectivity index (χ3n) is 2.53. The van der Waals surface area contributed by atoms with Crippen molar-refractivity contribution < 1.29 is 4.52 Å². The first-order valence-corrected chi connectivity index (χ1v) is 7.32. The van der Waals surface area contributed by atoms with Crippen LogP contribution in [0.25, 0.3) is 22.8 Å². The summed E-state index contributed by atoms with van der Waals surface area (Å²) in [6, 6.07) is 7.30. The highest BCUT2D eigenvalue weighted by Gasteiger charge is 2.14. The molecule has 0 aliphatic rings. The molecule has 0 aliphatic heterocycles. The van der Waals surface area contributed by atoms with Crippen molar-refractivity contribution in [2.24, 2.45) is 0 Å². The molecule has 19 heavy (non-hydrogen) atoms. The van der Waals surface area contributed by atoms with Gasteiger partial charge in [-0.25, -0.2) is 0 Å². The maximum absolute atomic E-state index is 5.95. The molecule has 0 saturated carbocycles. The van der Waals surface area contributed by atoms with Crippen molar-refractivity contribution in [3.05, 3.63) is 39.1 Å². The number of nitrogens with two attached hydrogens (primary N) is 1. The highest BCUT2D eigenvalue weighted by atomic mass is 79.9. The van der Waals surface area contributed by atoms with E-state index in [1.54, 1.807) is 6.07 Å². The number of aromatic nitrogens is 2. The summed E-state index contributed by atoms with van der Waals surface area (Å²) in [6.07, 6.45) is 0. The van der Waals surface area contributed by atoms with Gasteiger partial charge in [-0.3, -0.25) is 0 Å². The van der Waals surface area contributed by atoms with Gasteiger partial charge in [0.1, 0.15) is 0 Å². The summed E-state index contributed by atoms with van der Waals surface area (Å²) in [6.45, 7) is 0. The monoisotopic (exact) mass is 355 g/mol. The molecule has 0 fully saturated rings. The summed E-state index contributed by atoms with van der Waals surface area (Å²) < 4.78 is 6.02. The van der Waals surface area contributed by atoms with Gasteiger partial charge in [0, 0.05) is 10.0 Å². The van der Waals surface area contributed by atoms with Gasteiger partial charge in [0.2, 0.25) is 5.82 Å². The standard InChI is InChI=1S/C12H7BrClN3OS/c13-8-5-6(1-2-9(8)14)11-16-12(18-17-11)7-3-4-19-10(7)15/h1-5H,15H2. The first kappa shape index (κ1) is 12.7. The van der Waals surface area contributed by atoms with E-state index in [1.807, 2.05) is 23.6 Å². The molecule has 4 nitrogen and oxygen atoms in total. The Balaban J connectivity index is 2.01. The van der Waals surface area contributed by atoms with Crippen LogP contribution in [0.2, 0.25) is 5.02 Å². The Morgan fingerprint density at radius 1 is 1.32 bits per heavy atom. The van der Waals surface area contributed by atoms with E-state index in [1.165, 1.54) is 11.3 Å². The predicted molar refractivity (Wildman–Crippen MR) is 80.2 cm³/mol. The molecule has 0 unspecified atom stereocenters. The van der Waals surface area contributed by atoms with Crippen LogP contribution in [0.4, 0.5) is 5.00 Å². The average molecular weight is 357 g/mol. The highest BCUT2D eigenvalue weighted by Crippen LogP contribution is 2.32. The Bertz CT molecular complexity index is 740. The van der Waals surface area contributed by atoms with Gasteiger partial charge >= 0.3 is 0 Å². The molecule has 96 valence electrons. The smallest absolute Gasteiger partial charge is 0.261 e. The fourth-order valence-corrected chi connectivity index (χ4v) is 2.71. The molecule has 0 amide bonds. The molecule has 2 aromatic heterocycles. The van der Waals surface area contributed by atoms with Gasteiger partial charge in [-0.15, -0.1) is 11.3 Å². The number of halogens is 2. The zero-order chi connectivity index (χ0) is 13.4. The quantitative estimate of drug-likeness (QED) is 0.736. The summed E-state index contributed by atoms with van der Waals surface area (Å²) in [5, 5.41) is 7.13. The lowest BCUT2D eigenvalue weighted by Crippen LogP contribution is -1.84. The maximum Gasteiger partial charge on any atom is 0.261 e. The predicted octanol–water partition coefficient (Wildman–Crippen LogP) is 4.46. The second kappa shape index (κ2) is 4.96. The van der Waals surface area contributed by atoms with E-state index in [9.17, 15) is 0 Å². The van der Waals surface area contributed by atoms with E-state index in [-0.39, 0.29) is 0 Å².